The molecule has 0 aliphatic heterocycles. The molecule has 0 N–H and O–H groups in total. The molecule has 0 amide bonds. The number of benzene rings is 1. The van der Waals surface area contributed by atoms with Crippen LogP contribution < -0.4 is 0 Å². The molecule has 5 heteroatoms. The highest BCUT2D eigenvalue weighted by Gasteiger charge is 2.15. The maximum atomic E-state index is 10.7. The van der Waals surface area contributed by atoms with Gasteiger partial charge in [-0.2, -0.15) is 0 Å². The van der Waals surface area contributed by atoms with Gasteiger partial charge in [0, 0.05) is 5.56 Å². The molecule has 0 fully saturated rings. The molecule has 1 aromatic heterocycles. The Hall–Kier alpha value is -2.30. The van der Waals surface area contributed by atoms with E-state index in [0.717, 1.165) is 0 Å². The third kappa shape index (κ3) is 1.80. The second-order valence-electron chi connectivity index (χ2n) is 2.88. The molecule has 0 saturated carbocycles. The van der Waals surface area contributed by atoms with Crippen LogP contribution in [-0.2, 0) is 0 Å². The maximum absolute atomic E-state index is 10.7. The van der Waals surface area contributed by atoms with Gasteiger partial charge in [-0.05, 0) is 0 Å². The summed E-state index contributed by atoms with van der Waals surface area (Å²) >= 11 is 0. The van der Waals surface area contributed by atoms with Crippen molar-refractivity contribution in [2.24, 2.45) is 0 Å². The van der Waals surface area contributed by atoms with Gasteiger partial charge in [-0.1, -0.05) is 30.3 Å². The van der Waals surface area contributed by atoms with E-state index in [2.05, 4.69) is 9.97 Å². The van der Waals surface area contributed by atoms with Crippen molar-refractivity contribution in [3.05, 3.63) is 53.0 Å². The van der Waals surface area contributed by atoms with Gasteiger partial charge in [0.25, 0.3) is 0 Å². The Morgan fingerprint density at radius 3 is 2.60 bits per heavy atom. The molecule has 15 heavy (non-hydrogen) atoms. The Morgan fingerprint density at radius 2 is 1.93 bits per heavy atom. The molecule has 5 nitrogen and oxygen atoms in total. The normalized spacial score (nSPS) is 9.87. The van der Waals surface area contributed by atoms with E-state index in [4.69, 9.17) is 0 Å². The SMILES string of the molecule is O=[N+]([O-])c1cncnc1-c1ccccc1. The first-order valence-corrected chi connectivity index (χ1v) is 4.29. The maximum Gasteiger partial charge on any atom is 0.313 e. The first-order valence-electron chi connectivity index (χ1n) is 4.29. The fourth-order valence-electron chi connectivity index (χ4n) is 1.27. The van der Waals surface area contributed by atoms with Gasteiger partial charge in [0.05, 0.1) is 4.92 Å². The van der Waals surface area contributed by atoms with Gasteiger partial charge in [0.15, 0.2) is 5.69 Å². The molecule has 0 spiro atoms. The molecule has 0 aliphatic rings. The number of hydrogen-bond acceptors (Lipinski definition) is 4. The zero-order valence-electron chi connectivity index (χ0n) is 7.70. The minimum absolute atomic E-state index is 0.0799. The van der Waals surface area contributed by atoms with Crippen LogP contribution in [0, 0.1) is 10.1 Å². The molecule has 0 aliphatic carbocycles. The minimum atomic E-state index is -0.484. The number of rotatable bonds is 2. The number of nitrogens with zero attached hydrogens (tertiary/aromatic N) is 3. The van der Waals surface area contributed by atoms with E-state index in [1.54, 1.807) is 24.3 Å². The molecule has 2 rings (SSSR count). The lowest BCUT2D eigenvalue weighted by Crippen LogP contribution is -1.95. The lowest BCUT2D eigenvalue weighted by molar-refractivity contribution is -0.384. The summed E-state index contributed by atoms with van der Waals surface area (Å²) in [6.45, 7) is 0. The molecule has 1 aromatic carbocycles. The fourth-order valence-corrected chi connectivity index (χ4v) is 1.27. The molecule has 2 aromatic rings. The standard InChI is InChI=1S/C10H7N3O2/c14-13(15)9-6-11-7-12-10(9)8-4-2-1-3-5-8/h1-7H. The van der Waals surface area contributed by atoms with Gasteiger partial charge in [0.1, 0.15) is 12.5 Å². The van der Waals surface area contributed by atoms with Gasteiger partial charge in [0.2, 0.25) is 0 Å². The third-order valence-electron chi connectivity index (χ3n) is 1.94. The van der Waals surface area contributed by atoms with Crippen molar-refractivity contribution in [2.75, 3.05) is 0 Å². The van der Waals surface area contributed by atoms with Crippen LogP contribution in [0.3, 0.4) is 0 Å². The molecule has 0 saturated heterocycles. The molecule has 0 radical (unpaired) electrons. The van der Waals surface area contributed by atoms with Crippen molar-refractivity contribution in [3.63, 3.8) is 0 Å². The zero-order valence-corrected chi connectivity index (χ0v) is 7.70. The van der Waals surface area contributed by atoms with Crippen LogP contribution in [0.1, 0.15) is 0 Å². The van der Waals surface area contributed by atoms with Crippen molar-refractivity contribution in [1.82, 2.24) is 9.97 Å². The largest absolute Gasteiger partial charge is 0.313 e. The third-order valence-corrected chi connectivity index (χ3v) is 1.94. The van der Waals surface area contributed by atoms with Crippen molar-refractivity contribution < 1.29 is 4.92 Å². The smallest absolute Gasteiger partial charge is 0.258 e. The van der Waals surface area contributed by atoms with Gasteiger partial charge in [-0.25, -0.2) is 9.97 Å². The lowest BCUT2D eigenvalue weighted by Gasteiger charge is -1.99. The predicted octanol–water partition coefficient (Wildman–Crippen LogP) is 2.05. The highest BCUT2D eigenvalue weighted by Crippen LogP contribution is 2.25. The van der Waals surface area contributed by atoms with E-state index in [1.165, 1.54) is 12.5 Å². The van der Waals surface area contributed by atoms with E-state index in [-0.39, 0.29) is 5.69 Å². The Balaban J connectivity index is 2.58. The molecule has 0 atom stereocenters. The highest BCUT2D eigenvalue weighted by atomic mass is 16.6. The predicted molar refractivity (Wildman–Crippen MR) is 54.1 cm³/mol. The first-order chi connectivity index (χ1) is 7.29. The van der Waals surface area contributed by atoms with Crippen LogP contribution in [0.15, 0.2) is 42.9 Å². The lowest BCUT2D eigenvalue weighted by atomic mass is 10.1. The van der Waals surface area contributed by atoms with Crippen molar-refractivity contribution in [3.8, 4) is 11.3 Å². The van der Waals surface area contributed by atoms with Gasteiger partial charge in [-0.3, -0.25) is 10.1 Å². The Morgan fingerprint density at radius 1 is 1.20 bits per heavy atom. The quantitative estimate of drug-likeness (QED) is 0.550. The van der Waals surface area contributed by atoms with Gasteiger partial charge in [-0.15, -0.1) is 0 Å². The second-order valence-corrected chi connectivity index (χ2v) is 2.88. The summed E-state index contributed by atoms with van der Waals surface area (Å²) < 4.78 is 0. The molecular weight excluding hydrogens is 194 g/mol. The molecule has 0 unspecified atom stereocenters. The van der Waals surface area contributed by atoms with E-state index in [0.29, 0.717) is 11.3 Å². The zero-order chi connectivity index (χ0) is 10.7. The Labute approximate surface area is 85.6 Å². The van der Waals surface area contributed by atoms with Crippen LogP contribution in [0.4, 0.5) is 5.69 Å². The summed E-state index contributed by atoms with van der Waals surface area (Å²) in [6, 6.07) is 9.00. The van der Waals surface area contributed by atoms with Crippen LogP contribution >= 0.6 is 0 Å². The topological polar surface area (TPSA) is 68.9 Å². The van der Waals surface area contributed by atoms with Crippen LogP contribution in [0.2, 0.25) is 0 Å². The Bertz CT molecular complexity index is 485. The average Bonchev–Trinajstić information content (AvgIpc) is 2.30. The number of hydrogen-bond donors (Lipinski definition) is 0. The highest BCUT2D eigenvalue weighted by molar-refractivity contribution is 5.68. The van der Waals surface area contributed by atoms with Crippen molar-refractivity contribution >= 4 is 5.69 Å². The van der Waals surface area contributed by atoms with Crippen LogP contribution in [0.25, 0.3) is 11.3 Å². The van der Waals surface area contributed by atoms with E-state index >= 15 is 0 Å². The monoisotopic (exact) mass is 201 g/mol. The molecule has 0 bridgehead atoms. The van der Waals surface area contributed by atoms with Gasteiger partial charge >= 0.3 is 5.69 Å². The summed E-state index contributed by atoms with van der Waals surface area (Å²) in [4.78, 5) is 17.8. The summed E-state index contributed by atoms with van der Waals surface area (Å²) in [5, 5.41) is 10.7. The first kappa shape index (κ1) is 9.26. The van der Waals surface area contributed by atoms with Crippen LogP contribution in [-0.4, -0.2) is 14.9 Å². The Kier molecular flexibility index (Phi) is 2.37. The van der Waals surface area contributed by atoms with E-state index < -0.39 is 4.92 Å². The van der Waals surface area contributed by atoms with Crippen molar-refractivity contribution in [1.29, 1.82) is 0 Å². The second kappa shape index (κ2) is 3.83. The van der Waals surface area contributed by atoms with E-state index in [9.17, 15) is 10.1 Å². The summed E-state index contributed by atoms with van der Waals surface area (Å²) in [6.07, 6.45) is 2.50. The van der Waals surface area contributed by atoms with Crippen LogP contribution in [0.5, 0.6) is 0 Å². The van der Waals surface area contributed by atoms with Gasteiger partial charge < -0.3 is 0 Å². The van der Waals surface area contributed by atoms with Crippen molar-refractivity contribution in [2.45, 2.75) is 0 Å². The molecule has 1 heterocycles. The summed E-state index contributed by atoms with van der Waals surface area (Å²) in [5.74, 6) is 0. The summed E-state index contributed by atoms with van der Waals surface area (Å²) in [7, 11) is 0. The average molecular weight is 201 g/mol. The summed E-state index contributed by atoms with van der Waals surface area (Å²) in [5.41, 5.74) is 0.978. The number of nitro groups is 1. The minimum Gasteiger partial charge on any atom is -0.258 e. The molecular formula is C10H7N3O2. The molecule has 74 valence electrons. The number of aromatic nitrogens is 2. The fraction of sp³-hybridized carbons (Fsp3) is 0. The van der Waals surface area contributed by atoms with E-state index in [1.807, 2.05) is 6.07 Å².